The van der Waals surface area contributed by atoms with Crippen LogP contribution in [0, 0.1) is 23.6 Å². The molecule has 2 aliphatic rings. The molecule has 17 heavy (non-hydrogen) atoms. The van der Waals surface area contributed by atoms with Crippen LogP contribution in [-0.4, -0.2) is 5.78 Å². The highest BCUT2D eigenvalue weighted by Gasteiger charge is 2.43. The van der Waals surface area contributed by atoms with Crippen molar-refractivity contribution in [2.24, 2.45) is 17.8 Å². The Bertz CT molecular complexity index is 471. The van der Waals surface area contributed by atoms with Crippen molar-refractivity contribution in [3.63, 3.8) is 0 Å². The standard InChI is InChI=1S/C14H14BrFO/c15-12-7-10(3-4-13(12)16)14(17)11-6-8-1-2-9(11)5-8/h3-4,7-9,11H,1-2,5-6H2. The van der Waals surface area contributed by atoms with Gasteiger partial charge in [0, 0.05) is 11.5 Å². The number of carbonyl (C=O) groups excluding carboxylic acids is 1. The summed E-state index contributed by atoms with van der Waals surface area (Å²) in [6, 6.07) is 4.59. The molecule has 3 atom stereocenters. The van der Waals surface area contributed by atoms with Crippen LogP contribution < -0.4 is 0 Å². The maximum Gasteiger partial charge on any atom is 0.166 e. The molecule has 3 heteroatoms. The maximum atomic E-state index is 13.1. The molecule has 0 N–H and O–H groups in total. The Balaban J connectivity index is 1.84. The molecule has 0 saturated heterocycles. The molecule has 0 radical (unpaired) electrons. The lowest BCUT2D eigenvalue weighted by Crippen LogP contribution is -2.21. The quantitative estimate of drug-likeness (QED) is 0.747. The summed E-state index contributed by atoms with van der Waals surface area (Å²) >= 11 is 3.14. The number of fused-ring (bicyclic) bond motifs is 2. The Morgan fingerprint density at radius 1 is 1.29 bits per heavy atom. The molecule has 0 aliphatic heterocycles. The molecule has 90 valence electrons. The minimum absolute atomic E-state index is 0.186. The van der Waals surface area contributed by atoms with Crippen molar-refractivity contribution >= 4 is 21.7 Å². The van der Waals surface area contributed by atoms with Crippen LogP contribution in [0.1, 0.15) is 36.0 Å². The lowest BCUT2D eigenvalue weighted by molar-refractivity contribution is 0.0874. The predicted molar refractivity (Wildman–Crippen MR) is 67.4 cm³/mol. The number of Topliss-reactive ketones (excluding diaryl/α,β-unsaturated/α-hetero) is 1. The molecule has 0 amide bonds. The fraction of sp³-hybridized carbons (Fsp3) is 0.500. The van der Waals surface area contributed by atoms with Crippen molar-refractivity contribution in [1.82, 2.24) is 0 Å². The van der Waals surface area contributed by atoms with E-state index < -0.39 is 0 Å². The van der Waals surface area contributed by atoms with Gasteiger partial charge in [-0.15, -0.1) is 0 Å². The van der Waals surface area contributed by atoms with Crippen LogP contribution >= 0.6 is 15.9 Å². The molecule has 1 nitrogen and oxygen atoms in total. The lowest BCUT2D eigenvalue weighted by Gasteiger charge is -2.20. The van der Waals surface area contributed by atoms with E-state index in [0.29, 0.717) is 16.0 Å². The highest BCUT2D eigenvalue weighted by atomic mass is 79.9. The van der Waals surface area contributed by atoms with E-state index in [0.717, 1.165) is 12.3 Å². The second-order valence-electron chi connectivity index (χ2n) is 5.27. The highest BCUT2D eigenvalue weighted by molar-refractivity contribution is 9.10. The Morgan fingerprint density at radius 3 is 2.71 bits per heavy atom. The first kappa shape index (κ1) is 11.4. The molecule has 1 aromatic rings. The molecule has 2 saturated carbocycles. The molecular weight excluding hydrogens is 283 g/mol. The van der Waals surface area contributed by atoms with E-state index in [2.05, 4.69) is 15.9 Å². The van der Waals surface area contributed by atoms with Gasteiger partial charge in [0.15, 0.2) is 5.78 Å². The van der Waals surface area contributed by atoms with Crippen molar-refractivity contribution in [3.05, 3.63) is 34.1 Å². The van der Waals surface area contributed by atoms with Crippen LogP contribution in [0.25, 0.3) is 0 Å². The number of carbonyl (C=O) groups is 1. The van der Waals surface area contributed by atoms with E-state index in [1.165, 1.54) is 25.3 Å². The van der Waals surface area contributed by atoms with Crippen molar-refractivity contribution in [3.8, 4) is 0 Å². The van der Waals surface area contributed by atoms with Crippen molar-refractivity contribution in [2.45, 2.75) is 25.7 Å². The first-order chi connectivity index (χ1) is 8.15. The zero-order valence-corrected chi connectivity index (χ0v) is 11.0. The Hall–Kier alpha value is -0.700. The number of hydrogen-bond donors (Lipinski definition) is 0. The van der Waals surface area contributed by atoms with Crippen LogP contribution in [0.3, 0.4) is 0 Å². The topological polar surface area (TPSA) is 17.1 Å². The van der Waals surface area contributed by atoms with Crippen molar-refractivity contribution < 1.29 is 9.18 Å². The van der Waals surface area contributed by atoms with E-state index in [-0.39, 0.29) is 17.5 Å². The molecule has 0 aromatic heterocycles. The van der Waals surface area contributed by atoms with Gasteiger partial charge in [-0.05, 0) is 65.2 Å². The monoisotopic (exact) mass is 296 g/mol. The molecule has 3 unspecified atom stereocenters. The lowest BCUT2D eigenvalue weighted by atomic mass is 9.83. The largest absolute Gasteiger partial charge is 0.294 e. The first-order valence-corrected chi connectivity index (χ1v) is 6.93. The maximum absolute atomic E-state index is 13.1. The average Bonchev–Trinajstić information content (AvgIpc) is 2.93. The van der Waals surface area contributed by atoms with Gasteiger partial charge >= 0.3 is 0 Å². The van der Waals surface area contributed by atoms with E-state index in [1.807, 2.05) is 0 Å². The van der Waals surface area contributed by atoms with Gasteiger partial charge in [0.25, 0.3) is 0 Å². The Kier molecular flexibility index (Phi) is 2.81. The predicted octanol–water partition coefficient (Wildman–Crippen LogP) is 4.21. The zero-order chi connectivity index (χ0) is 12.0. The fourth-order valence-corrected chi connectivity index (χ4v) is 3.81. The van der Waals surface area contributed by atoms with Gasteiger partial charge in [0.05, 0.1) is 4.47 Å². The van der Waals surface area contributed by atoms with E-state index in [4.69, 9.17) is 0 Å². The van der Waals surface area contributed by atoms with E-state index >= 15 is 0 Å². The zero-order valence-electron chi connectivity index (χ0n) is 9.46. The molecule has 1 aromatic carbocycles. The molecule has 2 fully saturated rings. The third-order valence-electron chi connectivity index (χ3n) is 4.28. The number of benzene rings is 1. The van der Waals surface area contributed by atoms with E-state index in [1.54, 1.807) is 12.1 Å². The van der Waals surface area contributed by atoms with Crippen LogP contribution in [0.2, 0.25) is 0 Å². The van der Waals surface area contributed by atoms with Gasteiger partial charge in [-0.3, -0.25) is 4.79 Å². The molecule has 2 bridgehead atoms. The summed E-state index contributed by atoms with van der Waals surface area (Å²) in [6.07, 6.45) is 4.75. The summed E-state index contributed by atoms with van der Waals surface area (Å²) in [4.78, 5) is 12.4. The molecular formula is C14H14BrFO. The van der Waals surface area contributed by atoms with Crippen LogP contribution in [0.4, 0.5) is 4.39 Å². The first-order valence-electron chi connectivity index (χ1n) is 6.14. The van der Waals surface area contributed by atoms with Crippen molar-refractivity contribution in [2.75, 3.05) is 0 Å². The van der Waals surface area contributed by atoms with Gasteiger partial charge in [-0.1, -0.05) is 6.42 Å². The second kappa shape index (κ2) is 4.20. The SMILES string of the molecule is O=C(c1ccc(F)c(Br)c1)C1CC2CCC1C2. The highest BCUT2D eigenvalue weighted by Crippen LogP contribution is 2.49. The summed E-state index contributed by atoms with van der Waals surface area (Å²) < 4.78 is 13.5. The third kappa shape index (κ3) is 1.95. The van der Waals surface area contributed by atoms with Gasteiger partial charge in [-0.2, -0.15) is 0 Å². The van der Waals surface area contributed by atoms with Crippen molar-refractivity contribution in [1.29, 1.82) is 0 Å². The van der Waals surface area contributed by atoms with Gasteiger partial charge in [0.1, 0.15) is 5.82 Å². The minimum Gasteiger partial charge on any atom is -0.294 e. The molecule has 3 rings (SSSR count). The molecule has 2 aliphatic carbocycles. The summed E-state index contributed by atoms with van der Waals surface area (Å²) in [6.45, 7) is 0. The van der Waals surface area contributed by atoms with Gasteiger partial charge < -0.3 is 0 Å². The second-order valence-corrected chi connectivity index (χ2v) is 6.13. The number of rotatable bonds is 2. The minimum atomic E-state index is -0.311. The van der Waals surface area contributed by atoms with Gasteiger partial charge in [0.2, 0.25) is 0 Å². The molecule has 0 heterocycles. The number of ketones is 1. The smallest absolute Gasteiger partial charge is 0.166 e. The average molecular weight is 297 g/mol. The van der Waals surface area contributed by atoms with E-state index in [9.17, 15) is 9.18 Å². The summed E-state index contributed by atoms with van der Waals surface area (Å²) in [5, 5.41) is 0. The van der Waals surface area contributed by atoms with Crippen LogP contribution in [-0.2, 0) is 0 Å². The summed E-state index contributed by atoms with van der Waals surface area (Å²) in [5.41, 5.74) is 0.649. The summed E-state index contributed by atoms with van der Waals surface area (Å²) in [5.74, 6) is 1.42. The Labute approximate surface area is 109 Å². The Morgan fingerprint density at radius 2 is 2.12 bits per heavy atom. The van der Waals surface area contributed by atoms with Crippen LogP contribution in [0.5, 0.6) is 0 Å². The van der Waals surface area contributed by atoms with Crippen LogP contribution in [0.15, 0.2) is 22.7 Å². The normalized spacial score (nSPS) is 30.8. The van der Waals surface area contributed by atoms with Gasteiger partial charge in [-0.25, -0.2) is 4.39 Å². The molecule has 0 spiro atoms. The third-order valence-corrected chi connectivity index (χ3v) is 4.89. The summed E-state index contributed by atoms with van der Waals surface area (Å²) in [7, 11) is 0. The number of halogens is 2. The number of hydrogen-bond acceptors (Lipinski definition) is 1. The fourth-order valence-electron chi connectivity index (χ4n) is 3.43.